The molecule has 5 nitrogen and oxygen atoms in total. The lowest BCUT2D eigenvalue weighted by Gasteiger charge is -2.10. The number of rotatable bonds is 8. The number of nitrogens with one attached hydrogen (secondary N) is 2. The van der Waals surface area contributed by atoms with Gasteiger partial charge in [-0.05, 0) is 30.5 Å². The molecule has 0 aliphatic rings. The van der Waals surface area contributed by atoms with E-state index in [0.29, 0.717) is 31.4 Å². The molecule has 0 aliphatic carbocycles. The maximum absolute atomic E-state index is 11.5. The first kappa shape index (κ1) is 16.3. The topological polar surface area (TPSA) is 70.6 Å². The number of amides is 1. The molecule has 0 saturated heterocycles. The summed E-state index contributed by atoms with van der Waals surface area (Å²) in [6.07, 6.45) is 0. The minimum Gasteiger partial charge on any atom is -0.504 e. The minimum absolute atomic E-state index is 0.0116. The maximum Gasteiger partial charge on any atom is 0.233 e. The van der Waals surface area contributed by atoms with Gasteiger partial charge in [-0.3, -0.25) is 4.79 Å². The highest BCUT2D eigenvalue weighted by Crippen LogP contribution is 2.26. The Labute approximate surface area is 120 Å². The van der Waals surface area contributed by atoms with Crippen molar-refractivity contribution in [2.24, 2.45) is 5.92 Å². The summed E-state index contributed by atoms with van der Waals surface area (Å²) in [4.78, 5) is 11.5. The van der Waals surface area contributed by atoms with Gasteiger partial charge in [0.2, 0.25) is 5.91 Å². The van der Waals surface area contributed by atoms with Gasteiger partial charge in [-0.15, -0.1) is 0 Å². The van der Waals surface area contributed by atoms with Crippen LogP contribution in [0.3, 0.4) is 0 Å². The summed E-state index contributed by atoms with van der Waals surface area (Å²) >= 11 is 0. The van der Waals surface area contributed by atoms with Crippen molar-refractivity contribution in [2.45, 2.75) is 27.3 Å². The smallest absolute Gasteiger partial charge is 0.233 e. The fourth-order valence-corrected chi connectivity index (χ4v) is 1.64. The van der Waals surface area contributed by atoms with Crippen LogP contribution in [0.5, 0.6) is 11.5 Å². The molecule has 5 heteroatoms. The first-order valence-corrected chi connectivity index (χ1v) is 6.95. The fourth-order valence-electron chi connectivity index (χ4n) is 1.64. The second-order valence-electron chi connectivity index (χ2n) is 5.04. The van der Waals surface area contributed by atoms with Gasteiger partial charge in [0.25, 0.3) is 0 Å². The second kappa shape index (κ2) is 8.43. The molecule has 20 heavy (non-hydrogen) atoms. The summed E-state index contributed by atoms with van der Waals surface area (Å²) in [6.45, 7) is 7.99. The van der Waals surface area contributed by atoms with E-state index in [1.165, 1.54) is 0 Å². The van der Waals surface area contributed by atoms with Crippen LogP contribution in [0.2, 0.25) is 0 Å². The Balaban J connectivity index is 2.38. The zero-order valence-corrected chi connectivity index (χ0v) is 12.4. The average molecular weight is 280 g/mol. The van der Waals surface area contributed by atoms with Gasteiger partial charge in [0, 0.05) is 13.1 Å². The van der Waals surface area contributed by atoms with Crippen molar-refractivity contribution in [3.05, 3.63) is 23.8 Å². The zero-order valence-electron chi connectivity index (χ0n) is 12.4. The van der Waals surface area contributed by atoms with Gasteiger partial charge in [-0.2, -0.15) is 0 Å². The molecule has 0 radical (unpaired) electrons. The van der Waals surface area contributed by atoms with Crippen molar-refractivity contribution in [1.82, 2.24) is 10.6 Å². The first-order chi connectivity index (χ1) is 9.52. The molecule has 0 atom stereocenters. The van der Waals surface area contributed by atoms with Gasteiger partial charge >= 0.3 is 0 Å². The lowest BCUT2D eigenvalue weighted by molar-refractivity contribution is -0.120. The summed E-state index contributed by atoms with van der Waals surface area (Å²) in [5.74, 6) is 1.04. The summed E-state index contributed by atoms with van der Waals surface area (Å²) < 4.78 is 5.31. The average Bonchev–Trinajstić information content (AvgIpc) is 2.40. The van der Waals surface area contributed by atoms with Crippen LogP contribution in [0.1, 0.15) is 26.3 Å². The number of phenolic OH excluding ortho intramolecular Hbond substituents is 1. The number of phenols is 1. The number of carbonyl (C=O) groups excluding carboxylic acids is 1. The third-order valence-electron chi connectivity index (χ3n) is 2.65. The van der Waals surface area contributed by atoms with Crippen LogP contribution in [0, 0.1) is 5.92 Å². The van der Waals surface area contributed by atoms with E-state index in [0.717, 1.165) is 5.56 Å². The van der Waals surface area contributed by atoms with E-state index < -0.39 is 0 Å². The van der Waals surface area contributed by atoms with Gasteiger partial charge in [0.05, 0.1) is 13.2 Å². The summed E-state index contributed by atoms with van der Waals surface area (Å²) in [5.41, 5.74) is 0.961. The fraction of sp³-hybridized carbons (Fsp3) is 0.533. The molecular weight excluding hydrogens is 256 g/mol. The quantitative estimate of drug-likeness (QED) is 0.677. The number of benzene rings is 1. The van der Waals surface area contributed by atoms with E-state index in [-0.39, 0.29) is 18.2 Å². The van der Waals surface area contributed by atoms with E-state index in [9.17, 15) is 9.90 Å². The van der Waals surface area contributed by atoms with Gasteiger partial charge in [0.1, 0.15) is 0 Å². The molecule has 1 rings (SSSR count). The highest BCUT2D eigenvalue weighted by Gasteiger charge is 2.05. The van der Waals surface area contributed by atoms with Crippen molar-refractivity contribution in [3.63, 3.8) is 0 Å². The third-order valence-corrected chi connectivity index (χ3v) is 2.65. The minimum atomic E-state index is -0.0116. The van der Waals surface area contributed by atoms with Gasteiger partial charge in [0.15, 0.2) is 11.5 Å². The monoisotopic (exact) mass is 280 g/mol. The Kier molecular flexibility index (Phi) is 6.87. The van der Waals surface area contributed by atoms with Gasteiger partial charge in [-0.1, -0.05) is 19.9 Å². The molecule has 1 amide bonds. The lowest BCUT2D eigenvalue weighted by Crippen LogP contribution is -2.35. The number of hydrogen-bond donors (Lipinski definition) is 3. The number of aromatic hydroxyl groups is 1. The zero-order chi connectivity index (χ0) is 15.0. The molecule has 0 heterocycles. The molecule has 0 spiro atoms. The molecule has 112 valence electrons. The predicted molar refractivity (Wildman–Crippen MR) is 78.8 cm³/mol. The molecule has 0 aromatic heterocycles. The van der Waals surface area contributed by atoms with Crippen LogP contribution >= 0.6 is 0 Å². The first-order valence-electron chi connectivity index (χ1n) is 6.95. The Morgan fingerprint density at radius 2 is 2.15 bits per heavy atom. The molecule has 0 saturated carbocycles. The summed E-state index contributed by atoms with van der Waals surface area (Å²) in [7, 11) is 0. The van der Waals surface area contributed by atoms with Crippen LogP contribution in [0.15, 0.2) is 18.2 Å². The lowest BCUT2D eigenvalue weighted by atomic mass is 10.2. The molecule has 1 aromatic carbocycles. The van der Waals surface area contributed by atoms with E-state index in [4.69, 9.17) is 4.74 Å². The van der Waals surface area contributed by atoms with Crippen LogP contribution in [0.25, 0.3) is 0 Å². The van der Waals surface area contributed by atoms with Crippen LogP contribution in [-0.2, 0) is 11.3 Å². The van der Waals surface area contributed by atoms with E-state index in [1.54, 1.807) is 18.2 Å². The van der Waals surface area contributed by atoms with Crippen LogP contribution in [-0.4, -0.2) is 30.7 Å². The molecule has 3 N–H and O–H groups in total. The molecule has 0 unspecified atom stereocenters. The van der Waals surface area contributed by atoms with Crippen molar-refractivity contribution in [3.8, 4) is 11.5 Å². The summed E-state index contributed by atoms with van der Waals surface area (Å²) in [5, 5.41) is 15.5. The second-order valence-corrected chi connectivity index (χ2v) is 5.04. The van der Waals surface area contributed by atoms with Crippen molar-refractivity contribution in [1.29, 1.82) is 0 Å². The van der Waals surface area contributed by atoms with Gasteiger partial charge in [-0.25, -0.2) is 0 Å². The SMILES string of the molecule is CCOc1cc(CNCC(=O)NCC(C)C)ccc1O. The predicted octanol–water partition coefficient (Wildman–Crippen LogP) is 1.65. The highest BCUT2D eigenvalue weighted by atomic mass is 16.5. The highest BCUT2D eigenvalue weighted by molar-refractivity contribution is 5.77. The number of hydrogen-bond acceptors (Lipinski definition) is 4. The normalized spacial score (nSPS) is 10.6. The van der Waals surface area contributed by atoms with E-state index in [1.807, 2.05) is 6.92 Å². The summed E-state index contributed by atoms with van der Waals surface area (Å²) in [6, 6.07) is 5.18. The Bertz CT molecular complexity index is 433. The molecule has 0 aliphatic heterocycles. The third kappa shape index (κ3) is 5.93. The van der Waals surface area contributed by atoms with Crippen LogP contribution in [0.4, 0.5) is 0 Å². The van der Waals surface area contributed by atoms with Crippen LogP contribution < -0.4 is 15.4 Å². The molecule has 1 aromatic rings. The van der Waals surface area contributed by atoms with Crippen molar-refractivity contribution < 1.29 is 14.6 Å². The Morgan fingerprint density at radius 1 is 1.40 bits per heavy atom. The Hall–Kier alpha value is -1.75. The van der Waals surface area contributed by atoms with E-state index >= 15 is 0 Å². The number of carbonyl (C=O) groups is 1. The van der Waals surface area contributed by atoms with Crippen molar-refractivity contribution in [2.75, 3.05) is 19.7 Å². The van der Waals surface area contributed by atoms with Gasteiger partial charge < -0.3 is 20.5 Å². The largest absolute Gasteiger partial charge is 0.504 e. The van der Waals surface area contributed by atoms with E-state index in [2.05, 4.69) is 24.5 Å². The maximum atomic E-state index is 11.5. The molecular formula is C15H24N2O3. The molecule has 0 bridgehead atoms. The molecule has 0 fully saturated rings. The Morgan fingerprint density at radius 3 is 2.80 bits per heavy atom. The standard InChI is InChI=1S/C15H24N2O3/c1-4-20-14-7-12(5-6-13(14)18)9-16-10-15(19)17-8-11(2)3/h5-7,11,16,18H,4,8-10H2,1-3H3,(H,17,19). The van der Waals surface area contributed by atoms with Crippen molar-refractivity contribution >= 4 is 5.91 Å². The number of ether oxygens (including phenoxy) is 1.